The topological polar surface area (TPSA) is 149 Å². The number of hydrogen-bond acceptors (Lipinski definition) is 7. The van der Waals surface area contributed by atoms with Crippen molar-refractivity contribution in [1.82, 2.24) is 14.9 Å². The molecular weight excluding hydrogens is 332 g/mol. The lowest BCUT2D eigenvalue weighted by Crippen LogP contribution is -2.33. The summed E-state index contributed by atoms with van der Waals surface area (Å²) in [4.78, 5) is 37.6. The number of hydrogen-bond donors (Lipinski definition) is 4. The number of aromatic amines is 1. The van der Waals surface area contributed by atoms with Gasteiger partial charge in [0.1, 0.15) is 12.3 Å². The maximum atomic E-state index is 12.0. The Balaban J connectivity index is 2.21. The quantitative estimate of drug-likeness (QED) is 0.411. The van der Waals surface area contributed by atoms with Gasteiger partial charge in [-0.15, -0.1) is 0 Å². The molecular formula is C15H22N4O6. The summed E-state index contributed by atoms with van der Waals surface area (Å²) >= 11 is 0. The summed E-state index contributed by atoms with van der Waals surface area (Å²) < 4.78 is 11.7. The Morgan fingerprint density at radius 1 is 1.60 bits per heavy atom. The number of aromatic nitrogens is 2. The molecule has 1 aromatic rings. The van der Waals surface area contributed by atoms with Crippen molar-refractivity contribution in [2.24, 2.45) is 5.73 Å². The average molecular weight is 354 g/mol. The molecule has 0 saturated carbocycles. The highest BCUT2D eigenvalue weighted by atomic mass is 16.6. The van der Waals surface area contributed by atoms with Crippen LogP contribution in [0.2, 0.25) is 0 Å². The largest absolute Gasteiger partial charge is 0.390 e. The van der Waals surface area contributed by atoms with Gasteiger partial charge in [0.05, 0.1) is 18.3 Å². The fourth-order valence-electron chi connectivity index (χ4n) is 2.45. The maximum Gasteiger partial charge on any atom is 0.330 e. The molecule has 138 valence electrons. The van der Waals surface area contributed by atoms with Gasteiger partial charge >= 0.3 is 5.69 Å². The lowest BCUT2D eigenvalue weighted by molar-refractivity contribution is -0.116. The van der Waals surface area contributed by atoms with E-state index in [1.54, 1.807) is 0 Å². The van der Waals surface area contributed by atoms with E-state index in [0.717, 1.165) is 0 Å². The average Bonchev–Trinajstić information content (AvgIpc) is 2.93. The molecule has 1 aromatic heterocycles. The first kappa shape index (κ1) is 19.1. The van der Waals surface area contributed by atoms with Crippen LogP contribution >= 0.6 is 0 Å². The van der Waals surface area contributed by atoms with Gasteiger partial charge in [0.15, 0.2) is 0 Å². The summed E-state index contributed by atoms with van der Waals surface area (Å²) in [5.74, 6) is -0.407. The van der Waals surface area contributed by atoms with Crippen LogP contribution in [0.15, 0.2) is 21.9 Å². The molecule has 0 unspecified atom stereocenters. The smallest absolute Gasteiger partial charge is 0.330 e. The van der Waals surface area contributed by atoms with Crippen LogP contribution in [0.4, 0.5) is 0 Å². The normalized spacial score (nSPS) is 23.2. The third-order valence-electron chi connectivity index (χ3n) is 3.70. The molecule has 0 aliphatic carbocycles. The molecule has 0 bridgehead atoms. The third-order valence-corrected chi connectivity index (χ3v) is 3.70. The summed E-state index contributed by atoms with van der Waals surface area (Å²) in [7, 11) is 1.48. The van der Waals surface area contributed by atoms with E-state index in [4.69, 9.17) is 15.2 Å². The van der Waals surface area contributed by atoms with Crippen molar-refractivity contribution in [2.75, 3.05) is 26.8 Å². The number of nitrogens with zero attached hydrogens (tertiary/aromatic N) is 1. The monoisotopic (exact) mass is 354 g/mol. The van der Waals surface area contributed by atoms with Gasteiger partial charge in [-0.3, -0.25) is 19.1 Å². The van der Waals surface area contributed by atoms with Crippen LogP contribution in [0.5, 0.6) is 0 Å². The predicted octanol–water partition coefficient (Wildman–Crippen LogP) is -2.08. The van der Waals surface area contributed by atoms with E-state index in [1.807, 2.05) is 0 Å². The zero-order valence-corrected chi connectivity index (χ0v) is 13.8. The zero-order valence-electron chi connectivity index (χ0n) is 13.8. The Bertz CT molecular complexity index is 740. The highest BCUT2D eigenvalue weighted by Gasteiger charge is 2.35. The highest BCUT2D eigenvalue weighted by molar-refractivity contribution is 5.91. The Hall–Kier alpha value is -2.27. The molecule has 25 heavy (non-hydrogen) atoms. The first-order valence-electron chi connectivity index (χ1n) is 7.80. The zero-order chi connectivity index (χ0) is 18.4. The number of nitrogens with one attached hydrogen (secondary N) is 2. The van der Waals surface area contributed by atoms with Crippen molar-refractivity contribution in [1.29, 1.82) is 0 Å². The first-order chi connectivity index (χ1) is 12.0. The summed E-state index contributed by atoms with van der Waals surface area (Å²) in [5, 5.41) is 12.5. The predicted molar refractivity (Wildman–Crippen MR) is 88.8 cm³/mol. The van der Waals surface area contributed by atoms with Gasteiger partial charge in [-0.1, -0.05) is 0 Å². The molecule has 3 atom stereocenters. The van der Waals surface area contributed by atoms with Crippen LogP contribution in [0.25, 0.3) is 6.08 Å². The van der Waals surface area contributed by atoms with Crippen molar-refractivity contribution in [3.63, 3.8) is 0 Å². The van der Waals surface area contributed by atoms with Gasteiger partial charge in [-0.25, -0.2) is 4.79 Å². The van der Waals surface area contributed by atoms with Gasteiger partial charge < -0.3 is 25.6 Å². The number of amides is 1. The van der Waals surface area contributed by atoms with Crippen molar-refractivity contribution in [3.05, 3.63) is 38.7 Å². The SMILES string of the molecule is COC[C@H]1O[C@@H](n2cc(C=CC(=O)NCCN)c(=O)[nH]c2=O)C[C@H]1O. The summed E-state index contributed by atoms with van der Waals surface area (Å²) in [6, 6.07) is 0. The molecule has 2 rings (SSSR count). The van der Waals surface area contributed by atoms with E-state index in [1.165, 1.54) is 30.0 Å². The van der Waals surface area contributed by atoms with Crippen LogP contribution < -0.4 is 22.3 Å². The van der Waals surface area contributed by atoms with Crippen molar-refractivity contribution < 1.29 is 19.4 Å². The fourth-order valence-corrected chi connectivity index (χ4v) is 2.45. The van der Waals surface area contributed by atoms with E-state index in [2.05, 4.69) is 10.3 Å². The number of H-pyrrole nitrogens is 1. The second-order valence-electron chi connectivity index (χ2n) is 5.55. The van der Waals surface area contributed by atoms with Crippen LogP contribution in [0.3, 0.4) is 0 Å². The Labute approximate surface area is 143 Å². The summed E-state index contributed by atoms with van der Waals surface area (Å²) in [6.45, 7) is 0.798. The number of carbonyl (C=O) groups is 1. The van der Waals surface area contributed by atoms with E-state index >= 15 is 0 Å². The number of nitrogens with two attached hydrogens (primary N) is 1. The van der Waals surface area contributed by atoms with Gasteiger partial charge in [-0.2, -0.15) is 0 Å². The number of aliphatic hydroxyl groups excluding tert-OH is 1. The van der Waals surface area contributed by atoms with Crippen molar-refractivity contribution >= 4 is 12.0 Å². The fraction of sp³-hybridized carbons (Fsp3) is 0.533. The van der Waals surface area contributed by atoms with Crippen LogP contribution in [0.1, 0.15) is 18.2 Å². The second kappa shape index (κ2) is 8.72. The number of aliphatic hydroxyl groups is 1. The molecule has 0 aromatic carbocycles. The highest BCUT2D eigenvalue weighted by Crippen LogP contribution is 2.27. The van der Waals surface area contributed by atoms with Gasteiger partial charge in [0.2, 0.25) is 5.91 Å². The minimum Gasteiger partial charge on any atom is -0.390 e. The molecule has 1 aliphatic heterocycles. The lowest BCUT2D eigenvalue weighted by atomic mass is 10.2. The molecule has 0 radical (unpaired) electrons. The molecule has 0 spiro atoms. The maximum absolute atomic E-state index is 12.0. The van der Waals surface area contributed by atoms with E-state index in [-0.39, 0.29) is 18.6 Å². The van der Waals surface area contributed by atoms with Crippen molar-refractivity contribution in [3.8, 4) is 0 Å². The van der Waals surface area contributed by atoms with Gasteiger partial charge in [-0.05, 0) is 6.08 Å². The molecule has 10 heteroatoms. The van der Waals surface area contributed by atoms with E-state index in [0.29, 0.717) is 13.1 Å². The second-order valence-corrected chi connectivity index (χ2v) is 5.55. The molecule has 1 saturated heterocycles. The van der Waals surface area contributed by atoms with Crippen molar-refractivity contribution in [2.45, 2.75) is 24.9 Å². The minimum atomic E-state index is -0.787. The Kier molecular flexibility index (Phi) is 6.65. The third kappa shape index (κ3) is 4.86. The van der Waals surface area contributed by atoms with Crippen LogP contribution in [-0.4, -0.2) is 59.6 Å². The minimum absolute atomic E-state index is 0.107. The number of ether oxygens (including phenoxy) is 2. The summed E-state index contributed by atoms with van der Waals surface area (Å²) in [5.41, 5.74) is 4.10. The number of methoxy groups -OCH3 is 1. The standard InChI is InChI=1S/C15H22N4O6/c1-24-8-11-10(20)6-13(25-11)19-7-9(14(22)18-15(19)23)2-3-12(21)17-5-4-16/h2-3,7,10-11,13,20H,4-6,8,16H2,1H3,(H,17,21)(H,18,22,23)/t10-,11-,13-/m1/s1. The molecule has 5 N–H and O–H groups in total. The molecule has 2 heterocycles. The summed E-state index contributed by atoms with van der Waals surface area (Å²) in [6.07, 6.45) is 1.85. The number of rotatable bonds is 7. The van der Waals surface area contributed by atoms with Crippen LogP contribution in [0, 0.1) is 0 Å². The van der Waals surface area contributed by atoms with Gasteiger partial charge in [0.25, 0.3) is 5.56 Å². The van der Waals surface area contributed by atoms with Crippen LogP contribution in [-0.2, 0) is 14.3 Å². The van der Waals surface area contributed by atoms with Gasteiger partial charge in [0, 0.05) is 38.9 Å². The Morgan fingerprint density at radius 3 is 3.04 bits per heavy atom. The molecule has 1 aliphatic rings. The Morgan fingerprint density at radius 2 is 2.36 bits per heavy atom. The first-order valence-corrected chi connectivity index (χ1v) is 7.80. The van der Waals surface area contributed by atoms with E-state index in [9.17, 15) is 19.5 Å². The molecule has 1 fully saturated rings. The van der Waals surface area contributed by atoms with E-state index < -0.39 is 35.6 Å². The molecule has 1 amide bonds. The number of carbonyl (C=O) groups excluding carboxylic acids is 1. The molecule has 10 nitrogen and oxygen atoms in total. The lowest BCUT2D eigenvalue weighted by Gasteiger charge is -2.15.